The van der Waals surface area contributed by atoms with Crippen LogP contribution in [0.4, 0.5) is 0 Å². The summed E-state index contributed by atoms with van der Waals surface area (Å²) in [4.78, 5) is 0. The van der Waals surface area contributed by atoms with Gasteiger partial charge in [-0.15, -0.1) is 0 Å². The maximum Gasteiger partial charge on any atom is -0.0159 e. The molecular formula is C18H26. The minimum Gasteiger partial charge on any atom is -0.0813 e. The molecule has 0 aromatic heterocycles. The van der Waals surface area contributed by atoms with Crippen LogP contribution in [0.1, 0.15) is 75.0 Å². The molecule has 0 atom stereocenters. The lowest BCUT2D eigenvalue weighted by Crippen LogP contribution is -2.06. The number of hydrogen-bond acceptors (Lipinski definition) is 0. The Morgan fingerprint density at radius 1 is 1.22 bits per heavy atom. The molecule has 0 N–H and O–H groups in total. The topological polar surface area (TPSA) is 0 Å². The van der Waals surface area contributed by atoms with Gasteiger partial charge in [-0.05, 0) is 61.3 Å². The molecule has 0 saturated heterocycles. The van der Waals surface area contributed by atoms with Crippen molar-refractivity contribution in [3.8, 4) is 0 Å². The Balaban J connectivity index is 2.21. The number of allylic oxidation sites excluding steroid dienone is 2. The first-order chi connectivity index (χ1) is 8.72. The summed E-state index contributed by atoms with van der Waals surface area (Å²) in [5.74, 6) is 0.822. The van der Waals surface area contributed by atoms with E-state index >= 15 is 0 Å². The fourth-order valence-electron chi connectivity index (χ4n) is 3.22. The Labute approximate surface area is 112 Å². The van der Waals surface area contributed by atoms with Gasteiger partial charge in [-0.1, -0.05) is 50.5 Å². The molecule has 0 radical (unpaired) electrons. The molecule has 1 aromatic carbocycles. The van der Waals surface area contributed by atoms with E-state index in [0.29, 0.717) is 0 Å². The van der Waals surface area contributed by atoms with E-state index in [4.69, 9.17) is 0 Å². The Bertz CT molecular complexity index is 420. The summed E-state index contributed by atoms with van der Waals surface area (Å²) in [5, 5.41) is 0. The van der Waals surface area contributed by atoms with Crippen molar-refractivity contribution in [1.29, 1.82) is 0 Å². The van der Waals surface area contributed by atoms with Crippen LogP contribution in [-0.2, 0) is 0 Å². The van der Waals surface area contributed by atoms with Crippen LogP contribution in [0, 0.1) is 6.92 Å². The van der Waals surface area contributed by atoms with Crippen LogP contribution in [0.15, 0.2) is 24.3 Å². The van der Waals surface area contributed by atoms with E-state index in [1.807, 2.05) is 0 Å². The number of rotatable bonds is 3. The van der Waals surface area contributed by atoms with Gasteiger partial charge in [-0.25, -0.2) is 0 Å². The summed E-state index contributed by atoms with van der Waals surface area (Å²) >= 11 is 0. The molecule has 1 fully saturated rings. The molecule has 0 nitrogen and oxygen atoms in total. The molecule has 18 heavy (non-hydrogen) atoms. The van der Waals surface area contributed by atoms with E-state index in [1.165, 1.54) is 48.8 Å². The van der Waals surface area contributed by atoms with Gasteiger partial charge in [0.05, 0.1) is 0 Å². The predicted octanol–water partition coefficient (Wildman–Crippen LogP) is 5.86. The fraction of sp³-hybridized carbons (Fsp3) is 0.556. The van der Waals surface area contributed by atoms with Crippen LogP contribution in [0.25, 0.3) is 5.57 Å². The highest BCUT2D eigenvalue weighted by molar-refractivity contribution is 5.64. The summed E-state index contributed by atoms with van der Waals surface area (Å²) < 4.78 is 0. The van der Waals surface area contributed by atoms with Gasteiger partial charge in [0.1, 0.15) is 0 Å². The Hall–Kier alpha value is -1.04. The minimum absolute atomic E-state index is 0.822. The van der Waals surface area contributed by atoms with Crippen molar-refractivity contribution < 1.29 is 0 Å². The molecule has 1 saturated carbocycles. The summed E-state index contributed by atoms with van der Waals surface area (Å²) in [5.41, 5.74) is 5.90. The lowest BCUT2D eigenvalue weighted by Gasteiger charge is -2.24. The van der Waals surface area contributed by atoms with Gasteiger partial charge in [-0.3, -0.25) is 0 Å². The largest absolute Gasteiger partial charge is 0.0813 e. The van der Waals surface area contributed by atoms with Gasteiger partial charge in [0, 0.05) is 0 Å². The lowest BCUT2D eigenvalue weighted by atomic mass is 9.81. The highest BCUT2D eigenvalue weighted by Gasteiger charge is 2.17. The first-order valence-electron chi connectivity index (χ1n) is 7.50. The third-order valence-electron chi connectivity index (χ3n) is 4.28. The molecule has 0 heteroatoms. The number of hydrogen-bond donors (Lipinski definition) is 0. The van der Waals surface area contributed by atoms with Crippen LogP contribution in [-0.4, -0.2) is 0 Å². The van der Waals surface area contributed by atoms with Crippen LogP contribution in [0.3, 0.4) is 0 Å². The molecule has 0 spiro atoms. The van der Waals surface area contributed by atoms with E-state index in [-0.39, 0.29) is 0 Å². The zero-order chi connectivity index (χ0) is 13.0. The number of benzene rings is 1. The van der Waals surface area contributed by atoms with Crippen LogP contribution < -0.4 is 0 Å². The molecule has 0 unspecified atom stereocenters. The first-order valence-corrected chi connectivity index (χ1v) is 7.50. The molecule has 98 valence electrons. The Morgan fingerprint density at radius 3 is 2.56 bits per heavy atom. The summed E-state index contributed by atoms with van der Waals surface area (Å²) in [6, 6.07) is 7.08. The summed E-state index contributed by atoms with van der Waals surface area (Å²) in [6.07, 6.45) is 10.5. The van der Waals surface area contributed by atoms with Gasteiger partial charge in [-0.2, -0.15) is 0 Å². The predicted molar refractivity (Wildman–Crippen MR) is 80.9 cm³/mol. The average Bonchev–Trinajstić information content (AvgIpc) is 2.40. The Kier molecular flexibility index (Phi) is 4.63. The molecule has 1 aromatic rings. The summed E-state index contributed by atoms with van der Waals surface area (Å²) in [7, 11) is 0. The smallest absolute Gasteiger partial charge is 0.0159 e. The number of aryl methyl sites for hydroxylation is 1. The zero-order valence-corrected chi connectivity index (χ0v) is 12.1. The van der Waals surface area contributed by atoms with E-state index in [0.717, 1.165) is 12.3 Å². The van der Waals surface area contributed by atoms with Crippen molar-refractivity contribution in [1.82, 2.24) is 0 Å². The van der Waals surface area contributed by atoms with Gasteiger partial charge in [0.15, 0.2) is 0 Å². The van der Waals surface area contributed by atoms with Gasteiger partial charge >= 0.3 is 0 Å². The minimum atomic E-state index is 0.822. The van der Waals surface area contributed by atoms with Crippen molar-refractivity contribution in [3.63, 3.8) is 0 Å². The molecule has 0 bridgehead atoms. The van der Waals surface area contributed by atoms with Crippen molar-refractivity contribution >= 4 is 5.57 Å². The van der Waals surface area contributed by atoms with E-state index < -0.39 is 0 Å². The fourth-order valence-corrected chi connectivity index (χ4v) is 3.22. The quantitative estimate of drug-likeness (QED) is 0.623. The van der Waals surface area contributed by atoms with E-state index in [2.05, 4.69) is 45.0 Å². The maximum absolute atomic E-state index is 2.38. The molecular weight excluding hydrogens is 216 g/mol. The molecule has 0 heterocycles. The molecule has 2 rings (SSSR count). The maximum atomic E-state index is 2.38. The van der Waals surface area contributed by atoms with Crippen molar-refractivity contribution in [2.24, 2.45) is 0 Å². The third-order valence-corrected chi connectivity index (χ3v) is 4.28. The molecule has 1 aliphatic rings. The Morgan fingerprint density at radius 2 is 1.94 bits per heavy atom. The first kappa shape index (κ1) is 13.4. The molecule has 0 aliphatic heterocycles. The SMILES string of the molecule is CC/C=C(/C)c1ccc(C2CCCCC2)c(C)c1. The highest BCUT2D eigenvalue weighted by Crippen LogP contribution is 2.35. The van der Waals surface area contributed by atoms with Gasteiger partial charge < -0.3 is 0 Å². The third kappa shape index (κ3) is 3.04. The molecule has 0 amide bonds. The van der Waals surface area contributed by atoms with Crippen molar-refractivity contribution in [2.75, 3.05) is 0 Å². The molecule has 1 aliphatic carbocycles. The van der Waals surface area contributed by atoms with Crippen molar-refractivity contribution in [2.45, 2.75) is 65.2 Å². The standard InChI is InChI=1S/C18H26/c1-4-8-14(2)17-11-12-18(15(3)13-17)16-9-6-5-7-10-16/h8,11-13,16H,4-7,9-10H2,1-3H3/b14-8-. The lowest BCUT2D eigenvalue weighted by molar-refractivity contribution is 0.442. The highest BCUT2D eigenvalue weighted by atomic mass is 14.2. The normalized spacial score (nSPS) is 18.1. The second-order valence-corrected chi connectivity index (χ2v) is 5.70. The van der Waals surface area contributed by atoms with Crippen LogP contribution in [0.5, 0.6) is 0 Å². The van der Waals surface area contributed by atoms with Crippen LogP contribution in [0.2, 0.25) is 0 Å². The second-order valence-electron chi connectivity index (χ2n) is 5.70. The average molecular weight is 242 g/mol. The van der Waals surface area contributed by atoms with Gasteiger partial charge in [0.2, 0.25) is 0 Å². The zero-order valence-electron chi connectivity index (χ0n) is 12.1. The van der Waals surface area contributed by atoms with E-state index in [1.54, 1.807) is 5.56 Å². The van der Waals surface area contributed by atoms with E-state index in [9.17, 15) is 0 Å². The second kappa shape index (κ2) is 6.22. The summed E-state index contributed by atoms with van der Waals surface area (Å²) in [6.45, 7) is 6.71. The van der Waals surface area contributed by atoms with Crippen LogP contribution >= 0.6 is 0 Å². The van der Waals surface area contributed by atoms with Gasteiger partial charge in [0.25, 0.3) is 0 Å². The van der Waals surface area contributed by atoms with Crippen molar-refractivity contribution in [3.05, 3.63) is 41.0 Å². The monoisotopic (exact) mass is 242 g/mol.